The SMILES string of the molecule is Cc1ccc(C)c(CCCC(=O)NC(C)C(=O)O)c1. The molecule has 0 aromatic heterocycles. The van der Waals surface area contributed by atoms with Gasteiger partial charge >= 0.3 is 5.97 Å². The lowest BCUT2D eigenvalue weighted by atomic mass is 10.0. The summed E-state index contributed by atoms with van der Waals surface area (Å²) in [4.78, 5) is 22.1. The molecule has 0 spiro atoms. The number of hydrogen-bond acceptors (Lipinski definition) is 2. The number of amides is 1. The Balaban J connectivity index is 2.40. The van der Waals surface area contributed by atoms with Crippen LogP contribution in [0, 0.1) is 13.8 Å². The van der Waals surface area contributed by atoms with Crippen molar-refractivity contribution >= 4 is 11.9 Å². The minimum absolute atomic E-state index is 0.208. The second-order valence-corrected chi connectivity index (χ2v) is 4.91. The first-order chi connectivity index (χ1) is 8.90. The van der Waals surface area contributed by atoms with Crippen molar-refractivity contribution in [1.29, 1.82) is 0 Å². The first-order valence-corrected chi connectivity index (χ1v) is 6.48. The zero-order chi connectivity index (χ0) is 14.4. The Morgan fingerprint density at radius 2 is 2.00 bits per heavy atom. The van der Waals surface area contributed by atoms with E-state index in [2.05, 4.69) is 30.4 Å². The molecule has 1 aromatic rings. The predicted molar refractivity (Wildman–Crippen MR) is 74.1 cm³/mol. The number of carboxylic acid groups (broad SMARTS) is 1. The predicted octanol–water partition coefficient (Wildman–Crippen LogP) is 2.22. The van der Waals surface area contributed by atoms with Gasteiger partial charge in [-0.25, -0.2) is 0 Å². The fourth-order valence-electron chi connectivity index (χ4n) is 1.88. The molecule has 1 atom stereocenters. The maximum Gasteiger partial charge on any atom is 0.325 e. The van der Waals surface area contributed by atoms with Gasteiger partial charge in [0.1, 0.15) is 6.04 Å². The van der Waals surface area contributed by atoms with Crippen LogP contribution in [0.3, 0.4) is 0 Å². The van der Waals surface area contributed by atoms with Gasteiger partial charge in [-0.2, -0.15) is 0 Å². The molecule has 19 heavy (non-hydrogen) atoms. The molecule has 2 N–H and O–H groups in total. The molecule has 1 rings (SSSR count). The molecule has 0 aliphatic heterocycles. The number of nitrogens with one attached hydrogen (secondary N) is 1. The fourth-order valence-corrected chi connectivity index (χ4v) is 1.88. The van der Waals surface area contributed by atoms with E-state index in [9.17, 15) is 9.59 Å². The van der Waals surface area contributed by atoms with Gasteiger partial charge in [0.25, 0.3) is 0 Å². The Hall–Kier alpha value is -1.84. The standard InChI is InChI=1S/C15H21NO3/c1-10-7-8-11(2)13(9-10)5-4-6-14(17)16-12(3)15(18)19/h7-9,12H,4-6H2,1-3H3,(H,16,17)(H,18,19). The summed E-state index contributed by atoms with van der Waals surface area (Å²) in [6.07, 6.45) is 1.91. The minimum Gasteiger partial charge on any atom is -0.480 e. The monoisotopic (exact) mass is 263 g/mol. The van der Waals surface area contributed by atoms with Crippen LogP contribution in [-0.2, 0) is 16.0 Å². The highest BCUT2D eigenvalue weighted by Gasteiger charge is 2.13. The number of carbonyl (C=O) groups is 2. The van der Waals surface area contributed by atoms with Crippen molar-refractivity contribution in [1.82, 2.24) is 5.32 Å². The van der Waals surface area contributed by atoms with E-state index >= 15 is 0 Å². The van der Waals surface area contributed by atoms with E-state index in [1.54, 1.807) is 0 Å². The second-order valence-electron chi connectivity index (χ2n) is 4.91. The van der Waals surface area contributed by atoms with Crippen molar-refractivity contribution in [3.05, 3.63) is 34.9 Å². The summed E-state index contributed by atoms with van der Waals surface area (Å²) in [5, 5.41) is 11.1. The first kappa shape index (κ1) is 15.2. The number of carbonyl (C=O) groups excluding carboxylic acids is 1. The van der Waals surface area contributed by atoms with Gasteiger partial charge < -0.3 is 10.4 Å². The van der Waals surface area contributed by atoms with Crippen molar-refractivity contribution in [3.63, 3.8) is 0 Å². The largest absolute Gasteiger partial charge is 0.480 e. The average molecular weight is 263 g/mol. The van der Waals surface area contributed by atoms with Gasteiger partial charge in [-0.3, -0.25) is 9.59 Å². The molecule has 0 fully saturated rings. The van der Waals surface area contributed by atoms with E-state index in [0.29, 0.717) is 6.42 Å². The molecule has 0 radical (unpaired) electrons. The van der Waals surface area contributed by atoms with Crippen LogP contribution in [0.5, 0.6) is 0 Å². The summed E-state index contributed by atoms with van der Waals surface area (Å²) >= 11 is 0. The van der Waals surface area contributed by atoms with Crippen LogP contribution in [0.25, 0.3) is 0 Å². The average Bonchev–Trinajstić information content (AvgIpc) is 2.33. The molecule has 0 aliphatic rings. The lowest BCUT2D eigenvalue weighted by Gasteiger charge is -2.10. The van der Waals surface area contributed by atoms with Gasteiger partial charge in [-0.15, -0.1) is 0 Å². The summed E-state index contributed by atoms with van der Waals surface area (Å²) in [6, 6.07) is 5.46. The minimum atomic E-state index is -1.01. The molecule has 0 saturated carbocycles. The molecule has 1 unspecified atom stereocenters. The van der Waals surface area contributed by atoms with Crippen LogP contribution >= 0.6 is 0 Å². The normalized spacial score (nSPS) is 11.9. The van der Waals surface area contributed by atoms with Gasteiger partial charge in [0.2, 0.25) is 5.91 Å². The van der Waals surface area contributed by atoms with Gasteiger partial charge in [0, 0.05) is 6.42 Å². The van der Waals surface area contributed by atoms with Crippen LogP contribution in [0.4, 0.5) is 0 Å². The Bertz CT molecular complexity index is 468. The molecule has 0 saturated heterocycles. The lowest BCUT2D eigenvalue weighted by molar-refractivity contribution is -0.141. The van der Waals surface area contributed by atoms with E-state index in [-0.39, 0.29) is 5.91 Å². The Morgan fingerprint density at radius 1 is 1.32 bits per heavy atom. The smallest absolute Gasteiger partial charge is 0.325 e. The van der Waals surface area contributed by atoms with Gasteiger partial charge in [0.15, 0.2) is 0 Å². The molecular formula is C15H21NO3. The maximum atomic E-state index is 11.5. The van der Waals surface area contributed by atoms with Crippen LogP contribution in [0.15, 0.2) is 18.2 Å². The third kappa shape index (κ3) is 5.12. The van der Waals surface area contributed by atoms with Gasteiger partial charge in [-0.05, 0) is 44.7 Å². The van der Waals surface area contributed by atoms with E-state index in [1.165, 1.54) is 23.6 Å². The molecule has 0 heterocycles. The quantitative estimate of drug-likeness (QED) is 0.827. The molecule has 0 aliphatic carbocycles. The van der Waals surface area contributed by atoms with Crippen LogP contribution in [-0.4, -0.2) is 23.0 Å². The van der Waals surface area contributed by atoms with E-state index < -0.39 is 12.0 Å². The third-order valence-corrected chi connectivity index (χ3v) is 3.10. The Kier molecular flexibility index (Phi) is 5.55. The second kappa shape index (κ2) is 6.92. The number of hydrogen-bond donors (Lipinski definition) is 2. The van der Waals surface area contributed by atoms with Crippen molar-refractivity contribution < 1.29 is 14.7 Å². The van der Waals surface area contributed by atoms with Gasteiger partial charge in [0.05, 0.1) is 0 Å². The van der Waals surface area contributed by atoms with Crippen LogP contribution in [0.1, 0.15) is 36.5 Å². The first-order valence-electron chi connectivity index (χ1n) is 6.48. The highest BCUT2D eigenvalue weighted by atomic mass is 16.4. The van der Waals surface area contributed by atoms with Crippen LogP contribution < -0.4 is 5.32 Å². The van der Waals surface area contributed by atoms with Crippen LogP contribution in [0.2, 0.25) is 0 Å². The highest BCUT2D eigenvalue weighted by molar-refractivity contribution is 5.83. The van der Waals surface area contributed by atoms with Crippen molar-refractivity contribution in [3.8, 4) is 0 Å². The molecule has 4 nitrogen and oxygen atoms in total. The summed E-state index contributed by atoms with van der Waals surface area (Å²) in [6.45, 7) is 5.57. The molecule has 1 aromatic carbocycles. The van der Waals surface area contributed by atoms with Crippen molar-refractivity contribution in [2.45, 2.75) is 46.1 Å². The van der Waals surface area contributed by atoms with Crippen molar-refractivity contribution in [2.75, 3.05) is 0 Å². The van der Waals surface area contributed by atoms with E-state index in [0.717, 1.165) is 12.8 Å². The zero-order valence-corrected chi connectivity index (χ0v) is 11.7. The molecule has 4 heteroatoms. The van der Waals surface area contributed by atoms with Gasteiger partial charge in [-0.1, -0.05) is 23.8 Å². The Morgan fingerprint density at radius 3 is 2.63 bits per heavy atom. The highest BCUT2D eigenvalue weighted by Crippen LogP contribution is 2.13. The fraction of sp³-hybridized carbons (Fsp3) is 0.467. The number of rotatable bonds is 6. The van der Waals surface area contributed by atoms with Crippen molar-refractivity contribution in [2.24, 2.45) is 0 Å². The maximum absolute atomic E-state index is 11.5. The molecule has 104 valence electrons. The number of carboxylic acids is 1. The van der Waals surface area contributed by atoms with E-state index in [1.807, 2.05) is 6.92 Å². The molecule has 0 bridgehead atoms. The summed E-state index contributed by atoms with van der Waals surface area (Å²) in [7, 11) is 0. The lowest BCUT2D eigenvalue weighted by Crippen LogP contribution is -2.38. The van der Waals surface area contributed by atoms with E-state index in [4.69, 9.17) is 5.11 Å². The summed E-state index contributed by atoms with van der Waals surface area (Å²) < 4.78 is 0. The molecular weight excluding hydrogens is 242 g/mol. The third-order valence-electron chi connectivity index (χ3n) is 3.10. The number of benzene rings is 1. The zero-order valence-electron chi connectivity index (χ0n) is 11.7. The summed E-state index contributed by atoms with van der Waals surface area (Å²) in [5.74, 6) is -1.22. The summed E-state index contributed by atoms with van der Waals surface area (Å²) in [5.41, 5.74) is 3.69. The topological polar surface area (TPSA) is 66.4 Å². The molecule has 1 amide bonds. The Labute approximate surface area is 113 Å². The number of aryl methyl sites for hydroxylation is 3. The number of aliphatic carboxylic acids is 1.